The van der Waals surface area contributed by atoms with E-state index in [1.807, 2.05) is 42.5 Å². The Labute approximate surface area is 162 Å². The maximum absolute atomic E-state index is 5.82. The second-order valence-corrected chi connectivity index (χ2v) is 6.55. The molecular weight excluding hydrogens is 334 g/mol. The Morgan fingerprint density at radius 3 is 2.04 bits per heavy atom. The van der Waals surface area contributed by atoms with Crippen molar-refractivity contribution < 1.29 is 9.47 Å². The molecular formula is C24H27NO2. The maximum Gasteiger partial charge on any atom is 0.119 e. The van der Waals surface area contributed by atoms with Crippen molar-refractivity contribution in [1.82, 2.24) is 0 Å². The van der Waals surface area contributed by atoms with E-state index in [0.717, 1.165) is 43.2 Å². The van der Waals surface area contributed by atoms with Crippen LogP contribution in [0.15, 0.2) is 78.9 Å². The lowest BCUT2D eigenvalue weighted by Crippen LogP contribution is -2.11. The highest BCUT2D eigenvalue weighted by molar-refractivity contribution is 5.46. The molecule has 0 heterocycles. The van der Waals surface area contributed by atoms with Crippen LogP contribution in [0, 0.1) is 6.92 Å². The van der Waals surface area contributed by atoms with Crippen molar-refractivity contribution in [2.24, 2.45) is 0 Å². The van der Waals surface area contributed by atoms with Crippen molar-refractivity contribution >= 4 is 5.69 Å². The summed E-state index contributed by atoms with van der Waals surface area (Å²) in [5.74, 6) is 1.81. The minimum atomic E-state index is 0.626. The van der Waals surface area contributed by atoms with Crippen LogP contribution in [0.1, 0.15) is 17.5 Å². The third-order valence-corrected chi connectivity index (χ3v) is 4.30. The molecule has 0 amide bonds. The lowest BCUT2D eigenvalue weighted by molar-refractivity contribution is 0.311. The minimum Gasteiger partial charge on any atom is -0.494 e. The van der Waals surface area contributed by atoms with E-state index in [9.17, 15) is 0 Å². The van der Waals surface area contributed by atoms with Gasteiger partial charge in [0.1, 0.15) is 18.1 Å². The standard InChI is InChI=1S/C24H27NO2/c1-20-9-13-23(14-10-20)27-19-17-25-22-11-15-24(16-12-22)26-18-5-8-21-6-3-2-4-7-21/h2-4,6-7,9-16,25H,5,8,17-19H2,1H3. The lowest BCUT2D eigenvalue weighted by Gasteiger charge is -2.10. The molecule has 3 aromatic rings. The molecule has 3 aromatic carbocycles. The Hall–Kier alpha value is -2.94. The van der Waals surface area contributed by atoms with Gasteiger partial charge in [-0.3, -0.25) is 0 Å². The molecule has 0 radical (unpaired) electrons. The van der Waals surface area contributed by atoms with E-state index in [1.165, 1.54) is 11.1 Å². The largest absolute Gasteiger partial charge is 0.494 e. The summed E-state index contributed by atoms with van der Waals surface area (Å²) >= 11 is 0. The lowest BCUT2D eigenvalue weighted by atomic mass is 10.1. The van der Waals surface area contributed by atoms with E-state index in [4.69, 9.17) is 9.47 Å². The number of ether oxygens (including phenoxy) is 2. The van der Waals surface area contributed by atoms with Gasteiger partial charge in [0.25, 0.3) is 0 Å². The number of benzene rings is 3. The van der Waals surface area contributed by atoms with Gasteiger partial charge >= 0.3 is 0 Å². The number of hydrogen-bond donors (Lipinski definition) is 1. The van der Waals surface area contributed by atoms with Crippen LogP contribution in [0.5, 0.6) is 11.5 Å². The summed E-state index contributed by atoms with van der Waals surface area (Å²) in [4.78, 5) is 0. The zero-order chi connectivity index (χ0) is 18.7. The van der Waals surface area contributed by atoms with Gasteiger partial charge in [-0.15, -0.1) is 0 Å². The monoisotopic (exact) mass is 361 g/mol. The third kappa shape index (κ3) is 6.70. The van der Waals surface area contributed by atoms with Gasteiger partial charge in [-0.25, -0.2) is 0 Å². The Bertz CT molecular complexity index is 783. The quantitative estimate of drug-likeness (QED) is 0.484. The minimum absolute atomic E-state index is 0.626. The second-order valence-electron chi connectivity index (χ2n) is 6.55. The molecule has 0 spiro atoms. The molecule has 0 bridgehead atoms. The SMILES string of the molecule is Cc1ccc(OCCNc2ccc(OCCCc3ccccc3)cc2)cc1. The van der Waals surface area contributed by atoms with Gasteiger partial charge in [-0.1, -0.05) is 48.0 Å². The molecule has 0 aliphatic carbocycles. The molecule has 0 fully saturated rings. The first-order valence-corrected chi connectivity index (χ1v) is 9.50. The van der Waals surface area contributed by atoms with Crippen molar-refractivity contribution in [3.8, 4) is 11.5 Å². The second kappa shape index (κ2) is 10.3. The van der Waals surface area contributed by atoms with Crippen LogP contribution in [-0.2, 0) is 6.42 Å². The predicted molar refractivity (Wildman–Crippen MR) is 112 cm³/mol. The third-order valence-electron chi connectivity index (χ3n) is 4.30. The first-order chi connectivity index (χ1) is 13.3. The molecule has 0 saturated heterocycles. The first kappa shape index (κ1) is 18.8. The van der Waals surface area contributed by atoms with Crippen LogP contribution in [0.3, 0.4) is 0 Å². The summed E-state index contributed by atoms with van der Waals surface area (Å²) in [6.07, 6.45) is 2.06. The summed E-state index contributed by atoms with van der Waals surface area (Å²) in [7, 11) is 0. The summed E-state index contributed by atoms with van der Waals surface area (Å²) < 4.78 is 11.5. The zero-order valence-corrected chi connectivity index (χ0v) is 15.9. The van der Waals surface area contributed by atoms with Gasteiger partial charge in [0, 0.05) is 12.2 Å². The highest BCUT2D eigenvalue weighted by Crippen LogP contribution is 2.16. The molecule has 0 aliphatic rings. The number of hydrogen-bond acceptors (Lipinski definition) is 3. The topological polar surface area (TPSA) is 30.5 Å². The fourth-order valence-electron chi connectivity index (χ4n) is 2.78. The van der Waals surface area contributed by atoms with Crippen molar-refractivity contribution in [2.75, 3.05) is 25.1 Å². The van der Waals surface area contributed by atoms with Crippen LogP contribution in [0.2, 0.25) is 0 Å². The molecule has 140 valence electrons. The Balaban J connectivity index is 1.31. The molecule has 0 unspecified atom stereocenters. The van der Waals surface area contributed by atoms with E-state index in [1.54, 1.807) is 0 Å². The van der Waals surface area contributed by atoms with E-state index < -0.39 is 0 Å². The van der Waals surface area contributed by atoms with Gasteiger partial charge in [-0.05, 0) is 61.7 Å². The average molecular weight is 361 g/mol. The Morgan fingerprint density at radius 2 is 1.33 bits per heavy atom. The van der Waals surface area contributed by atoms with Crippen LogP contribution in [-0.4, -0.2) is 19.8 Å². The van der Waals surface area contributed by atoms with E-state index >= 15 is 0 Å². The summed E-state index contributed by atoms with van der Waals surface area (Å²) in [6, 6.07) is 26.7. The molecule has 1 N–H and O–H groups in total. The highest BCUT2D eigenvalue weighted by atomic mass is 16.5. The number of anilines is 1. The highest BCUT2D eigenvalue weighted by Gasteiger charge is 1.98. The van der Waals surface area contributed by atoms with Gasteiger partial charge in [0.05, 0.1) is 6.61 Å². The molecule has 27 heavy (non-hydrogen) atoms. The Kier molecular flexibility index (Phi) is 7.16. The maximum atomic E-state index is 5.82. The van der Waals surface area contributed by atoms with Crippen LogP contribution < -0.4 is 14.8 Å². The van der Waals surface area contributed by atoms with Crippen molar-refractivity contribution in [3.63, 3.8) is 0 Å². The van der Waals surface area contributed by atoms with E-state index in [-0.39, 0.29) is 0 Å². The van der Waals surface area contributed by atoms with Gasteiger partial charge < -0.3 is 14.8 Å². The van der Waals surface area contributed by atoms with Crippen LogP contribution in [0.4, 0.5) is 5.69 Å². The van der Waals surface area contributed by atoms with Gasteiger partial charge in [0.15, 0.2) is 0 Å². The van der Waals surface area contributed by atoms with E-state index in [0.29, 0.717) is 6.61 Å². The van der Waals surface area contributed by atoms with E-state index in [2.05, 4.69) is 48.6 Å². The molecule has 0 saturated carbocycles. The fraction of sp³-hybridized carbons (Fsp3) is 0.250. The number of nitrogens with one attached hydrogen (secondary N) is 1. The number of aryl methyl sites for hydroxylation is 2. The van der Waals surface area contributed by atoms with Crippen molar-refractivity contribution in [2.45, 2.75) is 19.8 Å². The van der Waals surface area contributed by atoms with Crippen molar-refractivity contribution in [3.05, 3.63) is 90.0 Å². The van der Waals surface area contributed by atoms with Gasteiger partial charge in [0.2, 0.25) is 0 Å². The fourth-order valence-corrected chi connectivity index (χ4v) is 2.78. The molecule has 3 heteroatoms. The normalized spacial score (nSPS) is 10.4. The van der Waals surface area contributed by atoms with Crippen LogP contribution >= 0.6 is 0 Å². The molecule has 3 rings (SSSR count). The summed E-state index contributed by atoms with van der Waals surface area (Å²) in [5.41, 5.74) is 3.66. The molecule has 0 atom stereocenters. The zero-order valence-electron chi connectivity index (χ0n) is 15.9. The average Bonchev–Trinajstić information content (AvgIpc) is 2.72. The summed E-state index contributed by atoms with van der Waals surface area (Å²) in [5, 5.41) is 3.36. The summed E-state index contributed by atoms with van der Waals surface area (Å²) in [6.45, 7) is 4.18. The first-order valence-electron chi connectivity index (χ1n) is 9.50. The van der Waals surface area contributed by atoms with Crippen molar-refractivity contribution in [1.29, 1.82) is 0 Å². The number of rotatable bonds is 10. The van der Waals surface area contributed by atoms with Gasteiger partial charge in [-0.2, -0.15) is 0 Å². The smallest absolute Gasteiger partial charge is 0.119 e. The molecule has 0 aliphatic heterocycles. The molecule has 3 nitrogen and oxygen atoms in total. The predicted octanol–water partition coefficient (Wildman–Crippen LogP) is 5.50. The molecule has 0 aromatic heterocycles. The Morgan fingerprint density at radius 1 is 0.704 bits per heavy atom. The van der Waals surface area contributed by atoms with Crippen LogP contribution in [0.25, 0.3) is 0 Å².